The van der Waals surface area contributed by atoms with Crippen LogP contribution in [0.5, 0.6) is 11.6 Å². The Morgan fingerprint density at radius 2 is 1.88 bits per heavy atom. The van der Waals surface area contributed by atoms with Crippen molar-refractivity contribution in [3.8, 4) is 11.6 Å². The number of rotatable bonds is 5. The zero-order chi connectivity index (χ0) is 19.1. The minimum atomic E-state index is -4.14. The Balaban J connectivity index is 2.09. The van der Waals surface area contributed by atoms with E-state index in [9.17, 15) is 8.42 Å². The lowest BCUT2D eigenvalue weighted by Crippen LogP contribution is -2.15. The topological polar surface area (TPSA) is 94.8 Å². The Morgan fingerprint density at radius 3 is 2.54 bits per heavy atom. The maximum atomic E-state index is 12.7. The number of hydrogen-bond acceptors (Lipinski definition) is 6. The third-order valence-electron chi connectivity index (χ3n) is 3.56. The van der Waals surface area contributed by atoms with Gasteiger partial charge in [-0.25, -0.2) is 0 Å². The summed E-state index contributed by atoms with van der Waals surface area (Å²) in [7, 11) is -1.24. The van der Waals surface area contributed by atoms with E-state index in [0.29, 0.717) is 11.3 Å². The summed E-state index contributed by atoms with van der Waals surface area (Å²) in [4.78, 5) is 4.03. The van der Waals surface area contributed by atoms with E-state index in [4.69, 9.17) is 32.7 Å². The van der Waals surface area contributed by atoms with Gasteiger partial charge in [0.25, 0.3) is 15.2 Å². The lowest BCUT2D eigenvalue weighted by molar-refractivity contribution is 0.372. The molecule has 1 aromatic carbocycles. The molecule has 3 rings (SSSR count). The number of anilines is 1. The number of aromatic nitrogens is 3. The Labute approximate surface area is 159 Å². The highest BCUT2D eigenvalue weighted by Crippen LogP contribution is 2.34. The van der Waals surface area contributed by atoms with Crippen LogP contribution in [0.25, 0.3) is 5.65 Å². The summed E-state index contributed by atoms with van der Waals surface area (Å²) in [5.74, 6) is 0.711. The summed E-state index contributed by atoms with van der Waals surface area (Å²) in [6.45, 7) is 1.73. The number of fused-ring (bicyclic) bond motifs is 1. The van der Waals surface area contributed by atoms with Crippen LogP contribution in [-0.4, -0.2) is 37.2 Å². The van der Waals surface area contributed by atoms with Gasteiger partial charge in [-0.3, -0.25) is 4.72 Å². The molecule has 2 aromatic heterocycles. The SMILES string of the molecule is COc1cc(OC)n2nc(S(=O)(=O)Nc3c(Cl)ccc(C)c3Cl)nc2c1. The molecule has 0 bridgehead atoms. The van der Waals surface area contributed by atoms with Crippen LogP contribution in [0.1, 0.15) is 5.56 Å². The van der Waals surface area contributed by atoms with Gasteiger partial charge < -0.3 is 9.47 Å². The van der Waals surface area contributed by atoms with Gasteiger partial charge in [0.1, 0.15) is 5.75 Å². The molecule has 0 saturated heterocycles. The first-order valence-corrected chi connectivity index (χ1v) is 9.47. The monoisotopic (exact) mass is 416 g/mol. The summed E-state index contributed by atoms with van der Waals surface area (Å²) < 4.78 is 39.3. The standard InChI is InChI=1S/C15H14Cl2N4O4S/c1-8-4-5-10(16)14(13(8)17)20-26(22,23)15-18-11-6-9(24-2)7-12(25-3)21(11)19-15/h4-7,20H,1-3H3. The van der Waals surface area contributed by atoms with E-state index >= 15 is 0 Å². The molecule has 0 atom stereocenters. The van der Waals surface area contributed by atoms with Gasteiger partial charge in [-0.2, -0.15) is 17.9 Å². The molecule has 0 aliphatic carbocycles. The van der Waals surface area contributed by atoms with Crippen LogP contribution in [0.3, 0.4) is 0 Å². The van der Waals surface area contributed by atoms with Gasteiger partial charge in [0, 0.05) is 12.1 Å². The van der Waals surface area contributed by atoms with Crippen LogP contribution in [0.4, 0.5) is 5.69 Å². The number of aryl methyl sites for hydroxylation is 1. The van der Waals surface area contributed by atoms with Gasteiger partial charge in [0.05, 0.1) is 30.0 Å². The van der Waals surface area contributed by atoms with Gasteiger partial charge in [0.15, 0.2) is 5.65 Å². The first-order chi connectivity index (χ1) is 12.3. The fraction of sp³-hybridized carbons (Fsp3) is 0.200. The smallest absolute Gasteiger partial charge is 0.299 e. The van der Waals surface area contributed by atoms with Crippen molar-refractivity contribution in [3.05, 3.63) is 39.9 Å². The largest absolute Gasteiger partial charge is 0.496 e. The van der Waals surface area contributed by atoms with Crippen molar-refractivity contribution in [2.75, 3.05) is 18.9 Å². The fourth-order valence-corrected chi connectivity index (χ4v) is 3.77. The van der Waals surface area contributed by atoms with Crippen LogP contribution in [0.15, 0.2) is 29.4 Å². The summed E-state index contributed by atoms with van der Waals surface area (Å²) >= 11 is 12.2. The van der Waals surface area contributed by atoms with Crippen LogP contribution >= 0.6 is 23.2 Å². The fourth-order valence-electron chi connectivity index (χ4n) is 2.22. The lowest BCUT2D eigenvalue weighted by atomic mass is 10.2. The Bertz CT molecular complexity index is 1100. The molecule has 0 saturated carbocycles. The van der Waals surface area contributed by atoms with Crippen molar-refractivity contribution in [3.63, 3.8) is 0 Å². The number of pyridine rings is 1. The summed E-state index contributed by atoms with van der Waals surface area (Å²) in [5.41, 5.74) is 0.975. The molecule has 1 N–H and O–H groups in total. The average Bonchev–Trinajstić information content (AvgIpc) is 3.06. The first-order valence-electron chi connectivity index (χ1n) is 7.23. The van der Waals surface area contributed by atoms with Crippen molar-refractivity contribution < 1.29 is 17.9 Å². The quantitative estimate of drug-likeness (QED) is 0.686. The van der Waals surface area contributed by atoms with Gasteiger partial charge in [-0.05, 0) is 18.6 Å². The summed E-state index contributed by atoms with van der Waals surface area (Å²) in [6.07, 6.45) is 0. The predicted octanol–water partition coefficient (Wildman–Crippen LogP) is 3.16. The van der Waals surface area contributed by atoms with Gasteiger partial charge >= 0.3 is 0 Å². The normalized spacial score (nSPS) is 11.6. The van der Waals surface area contributed by atoms with E-state index in [1.54, 1.807) is 25.1 Å². The molecular weight excluding hydrogens is 403 g/mol. The minimum Gasteiger partial charge on any atom is -0.496 e. The highest BCUT2D eigenvalue weighted by atomic mass is 35.5. The zero-order valence-corrected chi connectivity index (χ0v) is 16.3. The highest BCUT2D eigenvalue weighted by Gasteiger charge is 2.24. The second-order valence-electron chi connectivity index (χ2n) is 5.26. The highest BCUT2D eigenvalue weighted by molar-refractivity contribution is 7.92. The molecule has 3 aromatic rings. The van der Waals surface area contributed by atoms with E-state index in [0.717, 1.165) is 0 Å². The number of ether oxygens (including phenoxy) is 2. The summed E-state index contributed by atoms with van der Waals surface area (Å²) in [5, 5.41) is 3.89. The van der Waals surface area contributed by atoms with E-state index in [2.05, 4.69) is 14.8 Å². The van der Waals surface area contributed by atoms with Crippen molar-refractivity contribution in [2.45, 2.75) is 12.1 Å². The number of benzene rings is 1. The number of halogens is 2. The molecule has 0 fully saturated rings. The molecule has 0 amide bonds. The van der Waals surface area contributed by atoms with E-state index in [1.807, 2.05) is 0 Å². The maximum Gasteiger partial charge on any atom is 0.299 e. The van der Waals surface area contributed by atoms with Crippen molar-refractivity contribution >= 4 is 44.6 Å². The average molecular weight is 417 g/mol. The molecule has 2 heterocycles. The molecule has 8 nitrogen and oxygen atoms in total. The molecule has 11 heteroatoms. The summed E-state index contributed by atoms with van der Waals surface area (Å²) in [6, 6.07) is 6.31. The van der Waals surface area contributed by atoms with E-state index < -0.39 is 15.2 Å². The number of sulfonamides is 1. The van der Waals surface area contributed by atoms with E-state index in [1.165, 1.54) is 24.8 Å². The number of nitrogens with one attached hydrogen (secondary N) is 1. The predicted molar refractivity (Wildman–Crippen MR) is 98.1 cm³/mol. The molecular formula is C15H14Cl2N4O4S. The Hall–Kier alpha value is -2.23. The molecule has 0 spiro atoms. The van der Waals surface area contributed by atoms with Crippen molar-refractivity contribution in [1.29, 1.82) is 0 Å². The number of nitrogens with zero attached hydrogens (tertiary/aromatic N) is 3. The molecule has 138 valence electrons. The minimum absolute atomic E-state index is 0.0664. The molecule has 0 radical (unpaired) electrons. The maximum absolute atomic E-state index is 12.7. The van der Waals surface area contributed by atoms with E-state index in [-0.39, 0.29) is 27.3 Å². The third-order valence-corrected chi connectivity index (χ3v) is 5.49. The second kappa shape index (κ2) is 6.82. The number of methoxy groups -OCH3 is 2. The molecule has 0 aliphatic heterocycles. The van der Waals surface area contributed by atoms with Crippen molar-refractivity contribution in [1.82, 2.24) is 14.6 Å². The Morgan fingerprint density at radius 1 is 1.15 bits per heavy atom. The van der Waals surface area contributed by atoms with Gasteiger partial charge in [-0.1, -0.05) is 29.3 Å². The van der Waals surface area contributed by atoms with Crippen LogP contribution in [0.2, 0.25) is 10.0 Å². The molecule has 0 aliphatic rings. The number of hydrogen-bond donors (Lipinski definition) is 1. The third kappa shape index (κ3) is 3.25. The van der Waals surface area contributed by atoms with Crippen molar-refractivity contribution in [2.24, 2.45) is 0 Å². The van der Waals surface area contributed by atoms with Crippen LogP contribution in [-0.2, 0) is 10.0 Å². The molecule has 0 unspecified atom stereocenters. The van der Waals surface area contributed by atoms with Crippen LogP contribution < -0.4 is 14.2 Å². The van der Waals surface area contributed by atoms with Crippen LogP contribution in [0, 0.1) is 6.92 Å². The van der Waals surface area contributed by atoms with Gasteiger partial charge in [0.2, 0.25) is 5.88 Å². The Kier molecular flexibility index (Phi) is 4.87. The van der Waals surface area contributed by atoms with Gasteiger partial charge in [-0.15, -0.1) is 5.10 Å². The lowest BCUT2D eigenvalue weighted by Gasteiger charge is -2.10. The second-order valence-corrected chi connectivity index (χ2v) is 7.62. The first kappa shape index (κ1) is 18.6. The zero-order valence-electron chi connectivity index (χ0n) is 13.9. The molecule has 26 heavy (non-hydrogen) atoms.